The van der Waals surface area contributed by atoms with E-state index in [0.29, 0.717) is 43.2 Å². The molecule has 0 spiro atoms. The van der Waals surface area contributed by atoms with Crippen molar-refractivity contribution in [3.05, 3.63) is 36.7 Å². The molecule has 0 saturated carbocycles. The van der Waals surface area contributed by atoms with Crippen LogP contribution in [-0.2, 0) is 21.8 Å². The maximum Gasteiger partial charge on any atom is 0.266 e. The van der Waals surface area contributed by atoms with Gasteiger partial charge in [0.1, 0.15) is 4.90 Å². The summed E-state index contributed by atoms with van der Waals surface area (Å²) in [6.07, 6.45) is 2.73. The van der Waals surface area contributed by atoms with Crippen molar-refractivity contribution in [2.75, 3.05) is 35.9 Å². The molecule has 3 aromatic rings. The molecule has 0 radical (unpaired) electrons. The molecule has 4 rings (SSSR count). The Balaban J connectivity index is 1.79. The number of nitrogens with zero attached hydrogens (tertiary/aromatic N) is 5. The van der Waals surface area contributed by atoms with Crippen molar-refractivity contribution in [1.82, 2.24) is 19.7 Å². The van der Waals surface area contributed by atoms with Crippen molar-refractivity contribution in [2.45, 2.75) is 4.90 Å². The third-order valence-corrected chi connectivity index (χ3v) is 5.38. The van der Waals surface area contributed by atoms with E-state index in [-0.39, 0.29) is 10.7 Å². The van der Waals surface area contributed by atoms with E-state index in [1.54, 1.807) is 13.1 Å². The third-order valence-electron chi connectivity index (χ3n) is 4.09. The van der Waals surface area contributed by atoms with Gasteiger partial charge in [0.15, 0.2) is 11.6 Å². The van der Waals surface area contributed by atoms with Crippen LogP contribution in [0.4, 0.5) is 11.6 Å². The standard InChI is InChI=1S/C16H18N6O3S/c1-21-11-12(10-17-21)26(23,24)20-15-16(22-6-8-25-9-7-22)19-14-5-3-2-4-13(14)18-15/h2-5,10-11H,6-9H2,1H3,(H,18,20). The number of fused-ring (bicyclic) bond motifs is 1. The minimum absolute atomic E-state index is 0.0721. The first-order valence-electron chi connectivity index (χ1n) is 8.14. The molecule has 26 heavy (non-hydrogen) atoms. The quantitative estimate of drug-likeness (QED) is 0.727. The first-order valence-corrected chi connectivity index (χ1v) is 9.62. The summed E-state index contributed by atoms with van der Waals surface area (Å²) in [5, 5.41) is 3.92. The van der Waals surface area contributed by atoms with E-state index in [4.69, 9.17) is 4.74 Å². The Morgan fingerprint density at radius 3 is 2.46 bits per heavy atom. The Morgan fingerprint density at radius 1 is 1.12 bits per heavy atom. The Labute approximate surface area is 150 Å². The Morgan fingerprint density at radius 2 is 1.81 bits per heavy atom. The second-order valence-electron chi connectivity index (χ2n) is 5.94. The highest BCUT2D eigenvalue weighted by Crippen LogP contribution is 2.27. The molecule has 1 aliphatic heterocycles. The fraction of sp³-hybridized carbons (Fsp3) is 0.312. The van der Waals surface area contributed by atoms with Crippen LogP contribution in [0.5, 0.6) is 0 Å². The van der Waals surface area contributed by atoms with Crippen LogP contribution in [0, 0.1) is 0 Å². The number of nitrogens with one attached hydrogen (secondary N) is 1. The van der Waals surface area contributed by atoms with Gasteiger partial charge in [-0.2, -0.15) is 5.10 Å². The van der Waals surface area contributed by atoms with Gasteiger partial charge < -0.3 is 9.64 Å². The smallest absolute Gasteiger partial charge is 0.266 e. The molecule has 0 bridgehead atoms. The number of morpholine rings is 1. The zero-order chi connectivity index (χ0) is 18.1. The number of sulfonamides is 1. The Kier molecular flexibility index (Phi) is 4.21. The number of aromatic nitrogens is 4. The molecule has 0 amide bonds. The van der Waals surface area contributed by atoms with Crippen molar-refractivity contribution in [1.29, 1.82) is 0 Å². The number of benzene rings is 1. The maximum absolute atomic E-state index is 12.7. The van der Waals surface area contributed by atoms with Crippen molar-refractivity contribution >= 4 is 32.7 Å². The molecule has 1 aliphatic rings. The SMILES string of the molecule is Cn1cc(S(=O)(=O)Nc2nc3ccccc3nc2N2CCOCC2)cn1. The van der Waals surface area contributed by atoms with Crippen molar-refractivity contribution in [2.24, 2.45) is 7.05 Å². The molecule has 0 unspecified atom stereocenters. The number of ether oxygens (including phenoxy) is 1. The monoisotopic (exact) mass is 374 g/mol. The number of rotatable bonds is 4. The maximum atomic E-state index is 12.7. The minimum Gasteiger partial charge on any atom is -0.378 e. The number of hydrogen-bond acceptors (Lipinski definition) is 7. The summed E-state index contributed by atoms with van der Waals surface area (Å²) in [6.45, 7) is 2.36. The van der Waals surface area contributed by atoms with Gasteiger partial charge in [0.05, 0.1) is 30.4 Å². The first-order chi connectivity index (χ1) is 12.5. The van der Waals surface area contributed by atoms with E-state index < -0.39 is 10.0 Å². The van der Waals surface area contributed by atoms with Crippen LogP contribution in [0.15, 0.2) is 41.6 Å². The van der Waals surface area contributed by atoms with Gasteiger partial charge in [-0.05, 0) is 12.1 Å². The predicted octanol–water partition coefficient (Wildman–Crippen LogP) is 1.00. The topological polar surface area (TPSA) is 102 Å². The van der Waals surface area contributed by atoms with Crippen molar-refractivity contribution in [3.63, 3.8) is 0 Å². The molecule has 10 heteroatoms. The third kappa shape index (κ3) is 3.20. The second kappa shape index (κ2) is 6.54. The van der Waals surface area contributed by atoms with Crippen LogP contribution in [0.1, 0.15) is 0 Å². The van der Waals surface area contributed by atoms with Gasteiger partial charge >= 0.3 is 0 Å². The number of anilines is 2. The summed E-state index contributed by atoms with van der Waals surface area (Å²) in [7, 11) is -2.16. The lowest BCUT2D eigenvalue weighted by Crippen LogP contribution is -2.37. The highest BCUT2D eigenvalue weighted by Gasteiger charge is 2.24. The van der Waals surface area contributed by atoms with E-state index in [1.165, 1.54) is 17.1 Å². The van der Waals surface area contributed by atoms with E-state index in [1.807, 2.05) is 23.1 Å². The highest BCUT2D eigenvalue weighted by molar-refractivity contribution is 7.92. The lowest BCUT2D eigenvalue weighted by Gasteiger charge is -2.29. The summed E-state index contributed by atoms with van der Waals surface area (Å²) in [5.41, 5.74) is 1.33. The summed E-state index contributed by atoms with van der Waals surface area (Å²) < 4.78 is 34.8. The average molecular weight is 374 g/mol. The Hall–Kier alpha value is -2.72. The molecule has 0 aliphatic carbocycles. The number of hydrogen-bond donors (Lipinski definition) is 1. The molecule has 1 fully saturated rings. The largest absolute Gasteiger partial charge is 0.378 e. The van der Waals surface area contributed by atoms with E-state index in [9.17, 15) is 8.42 Å². The number of para-hydroxylation sites is 2. The summed E-state index contributed by atoms with van der Waals surface area (Å²) in [4.78, 5) is 11.2. The zero-order valence-electron chi connectivity index (χ0n) is 14.2. The molecule has 1 aromatic carbocycles. The van der Waals surface area contributed by atoms with Gasteiger partial charge in [-0.3, -0.25) is 9.40 Å². The normalized spacial score (nSPS) is 15.3. The Bertz CT molecular complexity index is 1040. The summed E-state index contributed by atoms with van der Waals surface area (Å²) >= 11 is 0. The van der Waals surface area contributed by atoms with Gasteiger partial charge in [-0.15, -0.1) is 0 Å². The van der Waals surface area contributed by atoms with Gasteiger partial charge in [-0.1, -0.05) is 12.1 Å². The summed E-state index contributed by atoms with van der Waals surface area (Å²) in [6, 6.07) is 7.36. The van der Waals surface area contributed by atoms with Crippen molar-refractivity contribution in [3.8, 4) is 0 Å². The lowest BCUT2D eigenvalue weighted by atomic mass is 10.3. The average Bonchev–Trinajstić information content (AvgIpc) is 3.09. The van der Waals surface area contributed by atoms with E-state index in [0.717, 1.165) is 0 Å². The van der Waals surface area contributed by atoms with Gasteiger partial charge in [-0.25, -0.2) is 18.4 Å². The molecular weight excluding hydrogens is 356 g/mol. The van der Waals surface area contributed by atoms with Crippen LogP contribution in [0.2, 0.25) is 0 Å². The molecule has 3 heterocycles. The van der Waals surface area contributed by atoms with Crippen LogP contribution < -0.4 is 9.62 Å². The molecule has 9 nitrogen and oxygen atoms in total. The molecule has 1 saturated heterocycles. The van der Waals surface area contributed by atoms with Gasteiger partial charge in [0.25, 0.3) is 10.0 Å². The van der Waals surface area contributed by atoms with E-state index >= 15 is 0 Å². The fourth-order valence-corrected chi connectivity index (χ4v) is 3.77. The molecular formula is C16H18N6O3S. The van der Waals surface area contributed by atoms with Gasteiger partial charge in [0.2, 0.25) is 0 Å². The van der Waals surface area contributed by atoms with Gasteiger partial charge in [0, 0.05) is 26.3 Å². The van der Waals surface area contributed by atoms with Crippen LogP contribution >= 0.6 is 0 Å². The minimum atomic E-state index is -3.82. The first kappa shape index (κ1) is 16.7. The molecule has 2 aromatic heterocycles. The zero-order valence-corrected chi connectivity index (χ0v) is 15.0. The van der Waals surface area contributed by atoms with E-state index in [2.05, 4.69) is 19.8 Å². The second-order valence-corrected chi connectivity index (χ2v) is 7.62. The fourth-order valence-electron chi connectivity index (χ4n) is 2.78. The summed E-state index contributed by atoms with van der Waals surface area (Å²) in [5.74, 6) is 0.703. The van der Waals surface area contributed by atoms with Crippen LogP contribution in [0.3, 0.4) is 0 Å². The molecule has 136 valence electrons. The predicted molar refractivity (Wildman–Crippen MR) is 96.6 cm³/mol. The lowest BCUT2D eigenvalue weighted by molar-refractivity contribution is 0.122. The van der Waals surface area contributed by atoms with Crippen LogP contribution in [0.25, 0.3) is 11.0 Å². The molecule has 1 N–H and O–H groups in total. The van der Waals surface area contributed by atoms with Crippen molar-refractivity contribution < 1.29 is 13.2 Å². The molecule has 0 atom stereocenters. The highest BCUT2D eigenvalue weighted by atomic mass is 32.2. The number of aryl methyl sites for hydroxylation is 1. The van der Waals surface area contributed by atoms with Crippen LogP contribution in [-0.4, -0.2) is 54.5 Å².